The molecule has 0 nitrogen and oxygen atoms in total. The average molecular weight is 177 g/mol. The summed E-state index contributed by atoms with van der Waals surface area (Å²) in [5.41, 5.74) is 0. The highest BCUT2D eigenvalue weighted by Gasteiger charge is 2.10. The van der Waals surface area contributed by atoms with Gasteiger partial charge in [-0.05, 0) is 18.3 Å². The van der Waals surface area contributed by atoms with Crippen LogP contribution in [-0.2, 0) is 0 Å². The Labute approximate surface area is 76.3 Å². The minimum absolute atomic E-state index is 0.751. The van der Waals surface area contributed by atoms with Gasteiger partial charge in [0, 0.05) is 5.88 Å². The quantitative estimate of drug-likeness (QED) is 0.535. The average Bonchev–Trinajstić information content (AvgIpc) is 2.07. The van der Waals surface area contributed by atoms with E-state index in [1.165, 1.54) is 25.7 Å². The van der Waals surface area contributed by atoms with Crippen molar-refractivity contribution < 1.29 is 0 Å². The number of halogens is 1. The Bertz CT molecular complexity index is 62.9. The second-order valence-electron chi connectivity index (χ2n) is 3.35. The maximum atomic E-state index is 5.83. The zero-order valence-electron chi connectivity index (χ0n) is 8.07. The van der Waals surface area contributed by atoms with E-state index in [-0.39, 0.29) is 0 Å². The summed E-state index contributed by atoms with van der Waals surface area (Å²) in [6.07, 6.45) is 5.18. The lowest BCUT2D eigenvalue weighted by atomic mass is 9.90. The van der Waals surface area contributed by atoms with Gasteiger partial charge in [0.15, 0.2) is 0 Å². The van der Waals surface area contributed by atoms with Crippen LogP contribution in [0.25, 0.3) is 0 Å². The predicted molar refractivity (Wildman–Crippen MR) is 53.2 cm³/mol. The lowest BCUT2D eigenvalue weighted by molar-refractivity contribution is 0.367. The molecule has 0 saturated carbocycles. The third-order valence-electron chi connectivity index (χ3n) is 2.62. The van der Waals surface area contributed by atoms with Crippen molar-refractivity contribution in [2.24, 2.45) is 11.8 Å². The normalized spacial score (nSPS) is 13.9. The van der Waals surface area contributed by atoms with Gasteiger partial charge in [0.05, 0.1) is 0 Å². The first kappa shape index (κ1) is 11.3. The van der Waals surface area contributed by atoms with E-state index in [0.29, 0.717) is 0 Å². The second kappa shape index (κ2) is 6.97. The summed E-state index contributed by atoms with van der Waals surface area (Å²) in [4.78, 5) is 0. The molecule has 0 radical (unpaired) electrons. The molecule has 0 heterocycles. The van der Waals surface area contributed by atoms with E-state index >= 15 is 0 Å². The summed E-state index contributed by atoms with van der Waals surface area (Å²) >= 11 is 5.83. The molecule has 0 fully saturated rings. The van der Waals surface area contributed by atoms with Gasteiger partial charge in [-0.15, -0.1) is 11.6 Å². The van der Waals surface area contributed by atoms with Crippen LogP contribution in [0.2, 0.25) is 0 Å². The minimum Gasteiger partial charge on any atom is -0.126 e. The van der Waals surface area contributed by atoms with Crippen LogP contribution in [0.5, 0.6) is 0 Å². The van der Waals surface area contributed by atoms with Gasteiger partial charge in [-0.1, -0.05) is 40.0 Å². The standard InChI is InChI=1S/C10H21Cl/c1-4-9(5-2)7-10(6-3)8-11/h9-10H,4-8H2,1-3H3. The molecule has 0 bridgehead atoms. The molecule has 0 aliphatic heterocycles. The van der Waals surface area contributed by atoms with Gasteiger partial charge in [-0.3, -0.25) is 0 Å². The van der Waals surface area contributed by atoms with Crippen molar-refractivity contribution in [2.45, 2.75) is 46.5 Å². The van der Waals surface area contributed by atoms with E-state index < -0.39 is 0 Å². The number of hydrogen-bond acceptors (Lipinski definition) is 0. The molecule has 0 aliphatic carbocycles. The van der Waals surface area contributed by atoms with Gasteiger partial charge < -0.3 is 0 Å². The van der Waals surface area contributed by atoms with Crippen LogP contribution in [-0.4, -0.2) is 5.88 Å². The Hall–Kier alpha value is 0.290. The third kappa shape index (κ3) is 4.68. The van der Waals surface area contributed by atoms with Gasteiger partial charge in [-0.25, -0.2) is 0 Å². The number of alkyl halides is 1. The first-order chi connectivity index (χ1) is 5.28. The fourth-order valence-corrected chi connectivity index (χ4v) is 1.78. The molecule has 0 aromatic carbocycles. The van der Waals surface area contributed by atoms with Crippen molar-refractivity contribution in [1.82, 2.24) is 0 Å². The minimum atomic E-state index is 0.751. The number of rotatable bonds is 6. The van der Waals surface area contributed by atoms with Crippen molar-refractivity contribution >= 4 is 11.6 Å². The number of hydrogen-bond donors (Lipinski definition) is 0. The highest BCUT2D eigenvalue weighted by Crippen LogP contribution is 2.21. The zero-order valence-corrected chi connectivity index (χ0v) is 8.82. The van der Waals surface area contributed by atoms with Gasteiger partial charge >= 0.3 is 0 Å². The van der Waals surface area contributed by atoms with E-state index in [9.17, 15) is 0 Å². The lowest BCUT2D eigenvalue weighted by Gasteiger charge is -2.17. The molecule has 0 rings (SSSR count). The first-order valence-corrected chi connectivity index (χ1v) is 5.37. The van der Waals surface area contributed by atoms with Crippen molar-refractivity contribution in [2.75, 3.05) is 5.88 Å². The van der Waals surface area contributed by atoms with Crippen molar-refractivity contribution in [3.05, 3.63) is 0 Å². The molecule has 0 saturated heterocycles. The van der Waals surface area contributed by atoms with E-state index in [2.05, 4.69) is 20.8 Å². The summed E-state index contributed by atoms with van der Waals surface area (Å²) < 4.78 is 0. The summed E-state index contributed by atoms with van der Waals surface area (Å²) in [5, 5.41) is 0. The highest BCUT2D eigenvalue weighted by atomic mass is 35.5. The molecule has 1 heteroatoms. The van der Waals surface area contributed by atoms with E-state index in [0.717, 1.165) is 17.7 Å². The van der Waals surface area contributed by atoms with Crippen LogP contribution >= 0.6 is 11.6 Å². The third-order valence-corrected chi connectivity index (χ3v) is 3.05. The van der Waals surface area contributed by atoms with Gasteiger partial charge in [0.25, 0.3) is 0 Å². The Kier molecular flexibility index (Phi) is 7.15. The monoisotopic (exact) mass is 176 g/mol. The fourth-order valence-electron chi connectivity index (χ4n) is 1.43. The molecule has 1 atom stereocenters. The molecule has 68 valence electrons. The Morgan fingerprint density at radius 1 is 0.909 bits per heavy atom. The molecular weight excluding hydrogens is 156 g/mol. The van der Waals surface area contributed by atoms with Crippen LogP contribution in [0.1, 0.15) is 46.5 Å². The topological polar surface area (TPSA) is 0 Å². The second-order valence-corrected chi connectivity index (χ2v) is 3.66. The smallest absolute Gasteiger partial charge is 0.0251 e. The molecule has 0 N–H and O–H groups in total. The largest absolute Gasteiger partial charge is 0.126 e. The fraction of sp³-hybridized carbons (Fsp3) is 1.00. The Balaban J connectivity index is 3.58. The van der Waals surface area contributed by atoms with Crippen molar-refractivity contribution in [3.63, 3.8) is 0 Å². The van der Waals surface area contributed by atoms with E-state index in [4.69, 9.17) is 11.6 Å². The van der Waals surface area contributed by atoms with E-state index in [1.54, 1.807) is 0 Å². The summed E-state index contributed by atoms with van der Waals surface area (Å²) in [7, 11) is 0. The summed E-state index contributed by atoms with van der Waals surface area (Å²) in [6, 6.07) is 0. The van der Waals surface area contributed by atoms with Gasteiger partial charge in [0.1, 0.15) is 0 Å². The zero-order chi connectivity index (χ0) is 8.69. The van der Waals surface area contributed by atoms with Crippen molar-refractivity contribution in [3.8, 4) is 0 Å². The van der Waals surface area contributed by atoms with Crippen LogP contribution < -0.4 is 0 Å². The Morgan fingerprint density at radius 3 is 1.64 bits per heavy atom. The highest BCUT2D eigenvalue weighted by molar-refractivity contribution is 6.18. The predicted octanol–water partition coefficient (Wildman–Crippen LogP) is 4.08. The van der Waals surface area contributed by atoms with E-state index in [1.807, 2.05) is 0 Å². The molecule has 0 amide bonds. The van der Waals surface area contributed by atoms with Crippen LogP contribution in [0.4, 0.5) is 0 Å². The SMILES string of the molecule is CCC(CC)CC(CC)CCl. The van der Waals surface area contributed by atoms with Gasteiger partial charge in [0.2, 0.25) is 0 Å². The van der Waals surface area contributed by atoms with Crippen LogP contribution in [0.15, 0.2) is 0 Å². The molecule has 0 aromatic rings. The van der Waals surface area contributed by atoms with Gasteiger partial charge in [-0.2, -0.15) is 0 Å². The molecule has 11 heavy (non-hydrogen) atoms. The van der Waals surface area contributed by atoms with Crippen LogP contribution in [0.3, 0.4) is 0 Å². The molecular formula is C10H21Cl. The first-order valence-electron chi connectivity index (χ1n) is 4.84. The molecule has 1 unspecified atom stereocenters. The summed E-state index contributed by atoms with van der Waals surface area (Å²) in [5.74, 6) is 2.49. The van der Waals surface area contributed by atoms with Crippen molar-refractivity contribution in [1.29, 1.82) is 0 Å². The maximum Gasteiger partial charge on any atom is 0.0251 e. The van der Waals surface area contributed by atoms with Crippen LogP contribution in [0, 0.1) is 11.8 Å². The Morgan fingerprint density at radius 2 is 1.36 bits per heavy atom. The molecule has 0 aliphatic rings. The summed E-state index contributed by atoms with van der Waals surface area (Å²) in [6.45, 7) is 6.78. The molecule has 0 spiro atoms. The maximum absolute atomic E-state index is 5.83. The molecule has 0 aromatic heterocycles. The lowest BCUT2D eigenvalue weighted by Crippen LogP contribution is -2.08.